The SMILES string of the molecule is CC(C)CN(c1cccc2c1CCCN2)C1CCCC1. The monoisotopic (exact) mass is 272 g/mol. The smallest absolute Gasteiger partial charge is 0.0422 e. The molecule has 0 unspecified atom stereocenters. The third kappa shape index (κ3) is 2.79. The van der Waals surface area contributed by atoms with Crippen LogP contribution < -0.4 is 10.2 Å². The average Bonchev–Trinajstić information content (AvgIpc) is 2.98. The second-order valence-corrected chi connectivity index (χ2v) is 6.82. The van der Waals surface area contributed by atoms with Crippen LogP contribution in [0.5, 0.6) is 0 Å². The Bertz CT molecular complexity index is 447. The second kappa shape index (κ2) is 6.07. The van der Waals surface area contributed by atoms with Gasteiger partial charge < -0.3 is 10.2 Å². The van der Waals surface area contributed by atoms with Gasteiger partial charge in [-0.3, -0.25) is 0 Å². The predicted molar refractivity (Wildman–Crippen MR) is 87.7 cm³/mol. The lowest BCUT2D eigenvalue weighted by Gasteiger charge is -2.36. The first-order chi connectivity index (χ1) is 9.75. The lowest BCUT2D eigenvalue weighted by Crippen LogP contribution is -2.37. The van der Waals surface area contributed by atoms with E-state index in [1.165, 1.54) is 56.4 Å². The van der Waals surface area contributed by atoms with Crippen LogP contribution in [0.25, 0.3) is 0 Å². The molecule has 110 valence electrons. The zero-order chi connectivity index (χ0) is 13.9. The quantitative estimate of drug-likeness (QED) is 0.871. The maximum atomic E-state index is 3.58. The number of rotatable bonds is 4. The lowest BCUT2D eigenvalue weighted by atomic mass is 9.98. The van der Waals surface area contributed by atoms with Gasteiger partial charge in [0.1, 0.15) is 0 Å². The molecule has 2 heteroatoms. The minimum atomic E-state index is 0.725. The molecule has 2 nitrogen and oxygen atoms in total. The van der Waals surface area contributed by atoms with Gasteiger partial charge in [0.25, 0.3) is 0 Å². The molecule has 2 aliphatic rings. The van der Waals surface area contributed by atoms with Crippen molar-refractivity contribution in [3.8, 4) is 0 Å². The Kier molecular flexibility index (Phi) is 4.18. The highest BCUT2D eigenvalue weighted by Crippen LogP contribution is 2.36. The zero-order valence-corrected chi connectivity index (χ0v) is 13.0. The molecule has 1 aliphatic carbocycles. The molecule has 0 bridgehead atoms. The summed E-state index contributed by atoms with van der Waals surface area (Å²) in [6.45, 7) is 7.01. The zero-order valence-electron chi connectivity index (χ0n) is 13.0. The third-order valence-electron chi connectivity index (χ3n) is 4.71. The largest absolute Gasteiger partial charge is 0.385 e. The van der Waals surface area contributed by atoms with Gasteiger partial charge in [-0.15, -0.1) is 0 Å². The molecule has 0 amide bonds. The van der Waals surface area contributed by atoms with Crippen LogP contribution >= 0.6 is 0 Å². The highest BCUT2D eigenvalue weighted by molar-refractivity contribution is 5.68. The van der Waals surface area contributed by atoms with E-state index in [0.29, 0.717) is 0 Å². The fourth-order valence-corrected chi connectivity index (χ4v) is 3.81. The molecule has 1 fully saturated rings. The van der Waals surface area contributed by atoms with Crippen molar-refractivity contribution in [3.05, 3.63) is 23.8 Å². The van der Waals surface area contributed by atoms with E-state index in [0.717, 1.165) is 18.5 Å². The molecule has 0 radical (unpaired) electrons. The van der Waals surface area contributed by atoms with Gasteiger partial charge in [-0.05, 0) is 49.3 Å². The fraction of sp³-hybridized carbons (Fsp3) is 0.667. The second-order valence-electron chi connectivity index (χ2n) is 6.82. The number of anilines is 2. The lowest BCUT2D eigenvalue weighted by molar-refractivity contribution is 0.534. The van der Waals surface area contributed by atoms with E-state index in [1.54, 1.807) is 5.56 Å². The van der Waals surface area contributed by atoms with Crippen molar-refractivity contribution in [1.82, 2.24) is 0 Å². The molecule has 0 spiro atoms. The minimum Gasteiger partial charge on any atom is -0.385 e. The van der Waals surface area contributed by atoms with Crippen molar-refractivity contribution in [1.29, 1.82) is 0 Å². The molecule has 3 rings (SSSR count). The molecule has 1 heterocycles. The Morgan fingerprint density at radius 2 is 2.00 bits per heavy atom. The maximum absolute atomic E-state index is 3.58. The molecule has 0 aromatic heterocycles. The van der Waals surface area contributed by atoms with Gasteiger partial charge in [0.2, 0.25) is 0 Å². The molecule has 1 aromatic carbocycles. The molecule has 0 saturated heterocycles. The average molecular weight is 272 g/mol. The van der Waals surface area contributed by atoms with E-state index in [4.69, 9.17) is 0 Å². The van der Waals surface area contributed by atoms with Crippen LogP contribution in [-0.4, -0.2) is 19.1 Å². The highest BCUT2D eigenvalue weighted by Gasteiger charge is 2.26. The number of nitrogens with one attached hydrogen (secondary N) is 1. The first-order valence-corrected chi connectivity index (χ1v) is 8.38. The van der Waals surface area contributed by atoms with Crippen molar-refractivity contribution < 1.29 is 0 Å². The topological polar surface area (TPSA) is 15.3 Å². The summed E-state index contributed by atoms with van der Waals surface area (Å²) in [5.74, 6) is 0.725. The molecule has 1 saturated carbocycles. The summed E-state index contributed by atoms with van der Waals surface area (Å²) in [5.41, 5.74) is 4.45. The van der Waals surface area contributed by atoms with E-state index >= 15 is 0 Å². The summed E-state index contributed by atoms with van der Waals surface area (Å²) in [6, 6.07) is 7.60. The van der Waals surface area contributed by atoms with Crippen molar-refractivity contribution in [3.63, 3.8) is 0 Å². The summed E-state index contributed by atoms with van der Waals surface area (Å²) in [4.78, 5) is 2.73. The van der Waals surface area contributed by atoms with Crippen LogP contribution in [0.15, 0.2) is 18.2 Å². The number of hydrogen-bond acceptors (Lipinski definition) is 2. The van der Waals surface area contributed by atoms with Crippen LogP contribution in [0.2, 0.25) is 0 Å². The van der Waals surface area contributed by atoms with Crippen molar-refractivity contribution in [2.45, 2.75) is 58.4 Å². The number of fused-ring (bicyclic) bond motifs is 1. The molecule has 20 heavy (non-hydrogen) atoms. The Morgan fingerprint density at radius 1 is 1.20 bits per heavy atom. The third-order valence-corrected chi connectivity index (χ3v) is 4.71. The van der Waals surface area contributed by atoms with Gasteiger partial charge in [-0.2, -0.15) is 0 Å². The minimum absolute atomic E-state index is 0.725. The standard InChI is InChI=1S/C18H28N2/c1-14(2)13-20(15-7-3-4-8-15)18-11-5-10-17-16(18)9-6-12-19-17/h5,10-11,14-15,19H,3-4,6-9,12-13H2,1-2H3. The van der Waals surface area contributed by atoms with Crippen molar-refractivity contribution >= 4 is 11.4 Å². The first kappa shape index (κ1) is 13.8. The van der Waals surface area contributed by atoms with Crippen LogP contribution in [-0.2, 0) is 6.42 Å². The summed E-state index contributed by atoms with van der Waals surface area (Å²) >= 11 is 0. The fourth-order valence-electron chi connectivity index (χ4n) is 3.81. The molecule has 1 aliphatic heterocycles. The van der Waals surface area contributed by atoms with Crippen molar-refractivity contribution in [2.24, 2.45) is 5.92 Å². The Labute approximate surface area is 123 Å². The molecular formula is C18H28N2. The summed E-state index contributed by atoms with van der Waals surface area (Å²) in [6.07, 6.45) is 8.08. The van der Waals surface area contributed by atoms with E-state index < -0.39 is 0 Å². The molecule has 1 aromatic rings. The predicted octanol–water partition coefficient (Wildman–Crippen LogP) is 4.45. The maximum Gasteiger partial charge on any atom is 0.0422 e. The summed E-state index contributed by atoms with van der Waals surface area (Å²) in [7, 11) is 0. The molecule has 0 atom stereocenters. The van der Waals surface area contributed by atoms with Gasteiger partial charge in [-0.25, -0.2) is 0 Å². The van der Waals surface area contributed by atoms with Gasteiger partial charge in [-0.1, -0.05) is 32.8 Å². The summed E-state index contributed by atoms with van der Waals surface area (Å²) in [5, 5.41) is 3.58. The summed E-state index contributed by atoms with van der Waals surface area (Å²) < 4.78 is 0. The van der Waals surface area contributed by atoms with Crippen LogP contribution in [0.1, 0.15) is 51.5 Å². The van der Waals surface area contributed by atoms with E-state index in [2.05, 4.69) is 42.3 Å². The normalized spacial score (nSPS) is 18.9. The Balaban J connectivity index is 1.93. The van der Waals surface area contributed by atoms with Gasteiger partial charge in [0.15, 0.2) is 0 Å². The molecular weight excluding hydrogens is 244 g/mol. The van der Waals surface area contributed by atoms with Crippen LogP contribution in [0.4, 0.5) is 11.4 Å². The van der Waals surface area contributed by atoms with Crippen molar-refractivity contribution in [2.75, 3.05) is 23.3 Å². The van der Waals surface area contributed by atoms with Gasteiger partial charge >= 0.3 is 0 Å². The number of hydrogen-bond donors (Lipinski definition) is 1. The Hall–Kier alpha value is -1.18. The van der Waals surface area contributed by atoms with E-state index in [9.17, 15) is 0 Å². The number of benzene rings is 1. The van der Waals surface area contributed by atoms with Gasteiger partial charge in [0, 0.05) is 30.5 Å². The Morgan fingerprint density at radius 3 is 2.75 bits per heavy atom. The first-order valence-electron chi connectivity index (χ1n) is 8.38. The van der Waals surface area contributed by atoms with Crippen LogP contribution in [0, 0.1) is 5.92 Å². The van der Waals surface area contributed by atoms with E-state index in [1.807, 2.05) is 0 Å². The van der Waals surface area contributed by atoms with Crippen LogP contribution in [0.3, 0.4) is 0 Å². The molecule has 1 N–H and O–H groups in total. The van der Waals surface area contributed by atoms with E-state index in [-0.39, 0.29) is 0 Å². The van der Waals surface area contributed by atoms with Gasteiger partial charge in [0.05, 0.1) is 0 Å². The number of nitrogens with zero attached hydrogens (tertiary/aromatic N) is 1. The highest BCUT2D eigenvalue weighted by atomic mass is 15.2.